The van der Waals surface area contributed by atoms with Crippen molar-refractivity contribution in [1.29, 1.82) is 0 Å². The summed E-state index contributed by atoms with van der Waals surface area (Å²) in [5.41, 5.74) is -0.231. The number of hydrogen-bond donors (Lipinski definition) is 2. The average Bonchev–Trinajstić information content (AvgIpc) is 2.94. The minimum atomic E-state index is -1.92. The molecule has 28 heavy (non-hydrogen) atoms. The Morgan fingerprint density at radius 2 is 1.57 bits per heavy atom. The molecule has 0 saturated carbocycles. The highest BCUT2D eigenvalue weighted by molar-refractivity contribution is 6.60. The van der Waals surface area contributed by atoms with Gasteiger partial charge in [-0.05, 0) is 24.3 Å². The van der Waals surface area contributed by atoms with Gasteiger partial charge in [0.2, 0.25) is 0 Å². The summed E-state index contributed by atoms with van der Waals surface area (Å²) in [7, 11) is 1.56. The third kappa shape index (κ3) is 4.13. The van der Waals surface area contributed by atoms with Gasteiger partial charge in [0.1, 0.15) is 5.70 Å². The Hall–Kier alpha value is -3.37. The zero-order chi connectivity index (χ0) is 20.8. The van der Waals surface area contributed by atoms with Gasteiger partial charge in [0, 0.05) is 17.4 Å². The second kappa shape index (κ2) is 9.02. The Morgan fingerprint density at radius 3 is 2.14 bits per heavy atom. The Balaban J connectivity index is 2.80. The number of benzene rings is 1. The smallest absolute Gasteiger partial charge is 0.465 e. The molecule has 2 N–H and O–H groups in total. The van der Waals surface area contributed by atoms with Crippen LogP contribution in [0.25, 0.3) is 0 Å². The van der Waals surface area contributed by atoms with Crippen molar-refractivity contribution in [2.75, 3.05) is 26.2 Å². The summed E-state index contributed by atoms with van der Waals surface area (Å²) in [6.45, 7) is 0. The number of esters is 3. The van der Waals surface area contributed by atoms with E-state index in [0.717, 1.165) is 14.2 Å². The van der Waals surface area contributed by atoms with Gasteiger partial charge >= 0.3 is 25.0 Å². The Labute approximate surface area is 161 Å². The van der Waals surface area contributed by atoms with Crippen LogP contribution >= 0.6 is 0 Å². The first-order valence-corrected chi connectivity index (χ1v) is 7.99. The van der Waals surface area contributed by atoms with Gasteiger partial charge in [-0.3, -0.25) is 0 Å². The molecule has 2 rings (SSSR count). The van der Waals surface area contributed by atoms with Gasteiger partial charge in [-0.2, -0.15) is 0 Å². The first-order chi connectivity index (χ1) is 13.3. The molecule has 0 radical (unpaired) electrons. The fourth-order valence-corrected chi connectivity index (χ4v) is 2.57. The summed E-state index contributed by atoms with van der Waals surface area (Å²) >= 11 is 0. The van der Waals surface area contributed by atoms with Gasteiger partial charge in [0.15, 0.2) is 0 Å². The summed E-state index contributed by atoms with van der Waals surface area (Å²) in [4.78, 5) is 37.8. The molecule has 1 aromatic carbocycles. The Kier molecular flexibility index (Phi) is 6.75. The van der Waals surface area contributed by atoms with E-state index >= 15 is 0 Å². The van der Waals surface area contributed by atoms with Crippen LogP contribution in [-0.2, 0) is 23.8 Å². The van der Waals surface area contributed by atoms with Crippen LogP contribution in [0.5, 0.6) is 0 Å². The maximum atomic E-state index is 12.5. The standard InChI is InChI=1S/C18H18BNO8/c1-26-16(21)11-7-8-13(19(24)25)14(10-11)20-9-5-4-6-12(17(22)27-2)15(20)18(23)28-3/h4-10,24-25H,1-3H3. The van der Waals surface area contributed by atoms with Crippen molar-refractivity contribution >= 4 is 36.2 Å². The molecule has 0 aliphatic carbocycles. The number of carbonyl (C=O) groups excluding carboxylic acids is 3. The molecule has 0 aromatic heterocycles. The molecule has 0 spiro atoms. The summed E-state index contributed by atoms with van der Waals surface area (Å²) in [5, 5.41) is 19.5. The third-order valence-electron chi connectivity index (χ3n) is 3.88. The number of hydrogen-bond acceptors (Lipinski definition) is 9. The van der Waals surface area contributed by atoms with E-state index in [1.165, 1.54) is 54.6 Å². The van der Waals surface area contributed by atoms with Crippen molar-refractivity contribution in [2.45, 2.75) is 0 Å². The van der Waals surface area contributed by atoms with E-state index in [0.29, 0.717) is 0 Å². The van der Waals surface area contributed by atoms with Gasteiger partial charge < -0.3 is 29.2 Å². The lowest BCUT2D eigenvalue weighted by Gasteiger charge is -2.25. The molecular formula is C18H18BNO8. The SMILES string of the molecule is COC(=O)C1=C(C(=O)OC)N(c2cc(C(=O)OC)ccc2B(O)O)C=CC=C1. The fourth-order valence-electron chi connectivity index (χ4n) is 2.57. The highest BCUT2D eigenvalue weighted by Gasteiger charge is 2.31. The van der Waals surface area contributed by atoms with Crippen LogP contribution in [0, 0.1) is 0 Å². The quantitative estimate of drug-likeness (QED) is 0.396. The van der Waals surface area contributed by atoms with Gasteiger partial charge in [-0.1, -0.05) is 12.1 Å². The third-order valence-corrected chi connectivity index (χ3v) is 3.88. The van der Waals surface area contributed by atoms with Crippen molar-refractivity contribution in [1.82, 2.24) is 0 Å². The largest absolute Gasteiger partial charge is 0.490 e. The first-order valence-electron chi connectivity index (χ1n) is 7.99. The van der Waals surface area contributed by atoms with Gasteiger partial charge in [0.05, 0.1) is 32.5 Å². The molecule has 1 aromatic rings. The van der Waals surface area contributed by atoms with Crippen LogP contribution in [0.4, 0.5) is 5.69 Å². The van der Waals surface area contributed by atoms with E-state index in [1.807, 2.05) is 0 Å². The number of ether oxygens (including phenoxy) is 3. The zero-order valence-corrected chi connectivity index (χ0v) is 15.4. The number of carbonyl (C=O) groups is 3. The molecule has 0 saturated heterocycles. The monoisotopic (exact) mass is 387 g/mol. The minimum absolute atomic E-state index is 0.0233. The minimum Gasteiger partial charge on any atom is -0.465 e. The van der Waals surface area contributed by atoms with Crippen LogP contribution < -0.4 is 10.4 Å². The fraction of sp³-hybridized carbons (Fsp3) is 0.167. The van der Waals surface area contributed by atoms with E-state index in [4.69, 9.17) is 9.47 Å². The Morgan fingerprint density at radius 1 is 0.929 bits per heavy atom. The summed E-state index contributed by atoms with van der Waals surface area (Å²) < 4.78 is 14.2. The highest BCUT2D eigenvalue weighted by atomic mass is 16.5. The average molecular weight is 387 g/mol. The van der Waals surface area contributed by atoms with Crippen LogP contribution in [0.15, 0.2) is 53.9 Å². The van der Waals surface area contributed by atoms with Crippen molar-refractivity contribution in [3.05, 3.63) is 59.5 Å². The topological polar surface area (TPSA) is 123 Å². The summed E-state index contributed by atoms with van der Waals surface area (Å²) in [6.07, 6.45) is 5.76. The number of rotatable bonds is 5. The predicted octanol–water partition coefficient (Wildman–Crippen LogP) is -0.357. The van der Waals surface area contributed by atoms with Crippen LogP contribution in [0.3, 0.4) is 0 Å². The van der Waals surface area contributed by atoms with Gasteiger partial charge in [0.25, 0.3) is 0 Å². The van der Waals surface area contributed by atoms with E-state index in [1.54, 1.807) is 0 Å². The lowest BCUT2D eigenvalue weighted by Crippen LogP contribution is -2.37. The zero-order valence-electron chi connectivity index (χ0n) is 15.4. The molecule has 1 aliphatic heterocycles. The first kappa shape index (κ1) is 20.9. The molecule has 0 fully saturated rings. The van der Waals surface area contributed by atoms with Crippen molar-refractivity contribution in [2.24, 2.45) is 0 Å². The molecule has 146 valence electrons. The van der Waals surface area contributed by atoms with E-state index in [9.17, 15) is 24.4 Å². The van der Waals surface area contributed by atoms with Gasteiger partial charge in [-0.25, -0.2) is 14.4 Å². The van der Waals surface area contributed by atoms with Crippen LogP contribution in [0.1, 0.15) is 10.4 Å². The number of anilines is 1. The maximum Gasteiger partial charge on any atom is 0.490 e. The van der Waals surface area contributed by atoms with Crippen LogP contribution in [0.2, 0.25) is 0 Å². The molecular weight excluding hydrogens is 369 g/mol. The Bertz CT molecular complexity index is 888. The second-order valence-corrected chi connectivity index (χ2v) is 5.45. The van der Waals surface area contributed by atoms with Crippen molar-refractivity contribution in [3.63, 3.8) is 0 Å². The number of methoxy groups -OCH3 is 3. The number of nitrogens with zero attached hydrogens (tertiary/aromatic N) is 1. The molecule has 0 unspecified atom stereocenters. The lowest BCUT2D eigenvalue weighted by atomic mass is 9.78. The molecule has 0 atom stereocenters. The van der Waals surface area contributed by atoms with Crippen molar-refractivity contribution < 1.29 is 38.6 Å². The predicted molar refractivity (Wildman–Crippen MR) is 99.4 cm³/mol. The van der Waals surface area contributed by atoms with Crippen molar-refractivity contribution in [3.8, 4) is 0 Å². The van der Waals surface area contributed by atoms with E-state index in [2.05, 4.69) is 4.74 Å². The summed E-state index contributed by atoms with van der Waals surface area (Å²) in [6, 6.07) is 3.94. The normalized spacial score (nSPS) is 13.1. The highest BCUT2D eigenvalue weighted by Crippen LogP contribution is 2.26. The maximum absolute atomic E-state index is 12.5. The van der Waals surface area contributed by atoms with E-state index in [-0.39, 0.29) is 28.0 Å². The lowest BCUT2D eigenvalue weighted by molar-refractivity contribution is -0.139. The van der Waals surface area contributed by atoms with Gasteiger partial charge in [-0.15, -0.1) is 0 Å². The molecule has 0 amide bonds. The molecule has 0 bridgehead atoms. The molecule has 1 heterocycles. The van der Waals surface area contributed by atoms with Crippen LogP contribution in [-0.4, -0.2) is 56.4 Å². The molecule has 9 nitrogen and oxygen atoms in total. The number of allylic oxidation sites excluding steroid dienone is 2. The molecule has 1 aliphatic rings. The van der Waals surface area contributed by atoms with E-state index < -0.39 is 25.0 Å². The molecule has 10 heteroatoms. The second-order valence-electron chi connectivity index (χ2n) is 5.45. The summed E-state index contributed by atoms with van der Waals surface area (Å²) in [5.74, 6) is -2.35.